The van der Waals surface area contributed by atoms with Crippen LogP contribution in [0.15, 0.2) is 11.8 Å². The maximum absolute atomic E-state index is 5.06. The summed E-state index contributed by atoms with van der Waals surface area (Å²) in [6.45, 7) is 6.94. The largest absolute Gasteiger partial charge is 0.504 e. The normalized spacial score (nSPS) is 28.6. The molecule has 0 N–H and O–H groups in total. The van der Waals surface area contributed by atoms with Crippen LogP contribution in [-0.4, -0.2) is 7.11 Å². The van der Waals surface area contributed by atoms with E-state index in [1.54, 1.807) is 7.11 Å². The first-order valence-electron chi connectivity index (χ1n) is 5.24. The van der Waals surface area contributed by atoms with E-state index in [0.717, 1.165) is 5.92 Å². The molecule has 0 amide bonds. The predicted molar refractivity (Wildman–Crippen MR) is 56.5 cm³/mol. The summed E-state index contributed by atoms with van der Waals surface area (Å²) < 4.78 is 5.06. The highest BCUT2D eigenvalue weighted by atomic mass is 16.5. The number of hydrogen-bond acceptors (Lipinski definition) is 1. The third-order valence-corrected chi connectivity index (χ3v) is 3.15. The van der Waals surface area contributed by atoms with Crippen LogP contribution in [0, 0.1) is 11.3 Å². The molecule has 1 saturated carbocycles. The molecule has 0 aromatic heterocycles. The maximum Gasteiger partial charge on any atom is 0.0816 e. The highest BCUT2D eigenvalue weighted by molar-refractivity contribution is 5.02. The Balaban J connectivity index is 2.56. The molecule has 1 heteroatoms. The number of methoxy groups -OCH3 is 1. The van der Waals surface area contributed by atoms with Gasteiger partial charge in [-0.1, -0.05) is 20.3 Å². The van der Waals surface area contributed by atoms with Crippen molar-refractivity contribution < 1.29 is 4.74 Å². The van der Waals surface area contributed by atoms with Crippen molar-refractivity contribution in [3.63, 3.8) is 0 Å². The molecule has 0 aliphatic heterocycles. The van der Waals surface area contributed by atoms with Crippen molar-refractivity contribution in [2.24, 2.45) is 11.3 Å². The van der Waals surface area contributed by atoms with E-state index in [0.29, 0.717) is 5.41 Å². The molecular formula is C12H22O. The van der Waals surface area contributed by atoms with E-state index in [4.69, 9.17) is 4.74 Å². The van der Waals surface area contributed by atoms with Crippen molar-refractivity contribution in [3.8, 4) is 0 Å². The first kappa shape index (κ1) is 10.6. The first-order chi connectivity index (χ1) is 6.05. The maximum atomic E-state index is 5.06. The summed E-state index contributed by atoms with van der Waals surface area (Å²) in [7, 11) is 1.73. The van der Waals surface area contributed by atoms with Gasteiger partial charge in [-0.3, -0.25) is 0 Å². The molecule has 0 heterocycles. The lowest BCUT2D eigenvalue weighted by Gasteiger charge is -2.35. The molecule has 13 heavy (non-hydrogen) atoms. The van der Waals surface area contributed by atoms with Gasteiger partial charge in [-0.05, 0) is 43.1 Å². The van der Waals surface area contributed by atoms with Gasteiger partial charge in [0.2, 0.25) is 0 Å². The van der Waals surface area contributed by atoms with E-state index in [9.17, 15) is 0 Å². The third-order valence-electron chi connectivity index (χ3n) is 3.15. The Kier molecular flexibility index (Phi) is 3.40. The van der Waals surface area contributed by atoms with E-state index in [-0.39, 0.29) is 0 Å². The Morgan fingerprint density at radius 2 is 2.15 bits per heavy atom. The molecule has 1 atom stereocenters. The summed E-state index contributed by atoms with van der Waals surface area (Å²) in [5, 5.41) is 0. The van der Waals surface area contributed by atoms with Crippen LogP contribution in [0.1, 0.15) is 46.5 Å². The van der Waals surface area contributed by atoms with Crippen molar-refractivity contribution in [1.82, 2.24) is 0 Å². The SMILES string of the molecule is CO/C=C(\C)C1CCCC(C)(C)C1. The lowest BCUT2D eigenvalue weighted by molar-refractivity contribution is 0.196. The van der Waals surface area contributed by atoms with Crippen LogP contribution in [-0.2, 0) is 4.74 Å². The van der Waals surface area contributed by atoms with Gasteiger partial charge in [-0.15, -0.1) is 0 Å². The van der Waals surface area contributed by atoms with E-state index < -0.39 is 0 Å². The molecular weight excluding hydrogens is 160 g/mol. The van der Waals surface area contributed by atoms with E-state index in [1.807, 2.05) is 6.26 Å². The van der Waals surface area contributed by atoms with Gasteiger partial charge in [0, 0.05) is 0 Å². The second-order valence-corrected chi connectivity index (χ2v) is 5.06. The zero-order valence-corrected chi connectivity index (χ0v) is 9.39. The van der Waals surface area contributed by atoms with Gasteiger partial charge in [0.15, 0.2) is 0 Å². The molecule has 1 rings (SSSR count). The summed E-state index contributed by atoms with van der Waals surface area (Å²) in [5.41, 5.74) is 1.95. The van der Waals surface area contributed by atoms with Crippen molar-refractivity contribution in [1.29, 1.82) is 0 Å². The average Bonchev–Trinajstić information content (AvgIpc) is 2.03. The minimum absolute atomic E-state index is 0.533. The molecule has 0 spiro atoms. The first-order valence-corrected chi connectivity index (χ1v) is 5.24. The fourth-order valence-electron chi connectivity index (χ4n) is 2.37. The second kappa shape index (κ2) is 4.17. The predicted octanol–water partition coefficient (Wildman–Crippen LogP) is 3.75. The summed E-state index contributed by atoms with van der Waals surface area (Å²) in [6, 6.07) is 0. The molecule has 1 unspecified atom stereocenters. The van der Waals surface area contributed by atoms with Crippen molar-refractivity contribution in [3.05, 3.63) is 11.8 Å². The Morgan fingerprint density at radius 1 is 1.46 bits per heavy atom. The molecule has 0 saturated heterocycles. The standard InChI is InChI=1S/C12H22O/c1-10(9-13-4)11-6-5-7-12(2,3)8-11/h9,11H,5-8H2,1-4H3/b10-9+. The van der Waals surface area contributed by atoms with Crippen molar-refractivity contribution in [2.45, 2.75) is 46.5 Å². The lowest BCUT2D eigenvalue weighted by Crippen LogP contribution is -2.23. The van der Waals surface area contributed by atoms with Gasteiger partial charge < -0.3 is 4.74 Å². The topological polar surface area (TPSA) is 9.23 Å². The molecule has 0 aromatic carbocycles. The van der Waals surface area contributed by atoms with Crippen LogP contribution in [0.3, 0.4) is 0 Å². The highest BCUT2D eigenvalue weighted by Crippen LogP contribution is 2.41. The average molecular weight is 182 g/mol. The summed E-state index contributed by atoms with van der Waals surface area (Å²) in [5.74, 6) is 0.753. The smallest absolute Gasteiger partial charge is 0.0816 e. The molecule has 1 aliphatic rings. The fourth-order valence-corrected chi connectivity index (χ4v) is 2.37. The minimum atomic E-state index is 0.533. The third kappa shape index (κ3) is 3.06. The van der Waals surface area contributed by atoms with Crippen LogP contribution in [0.2, 0.25) is 0 Å². The van der Waals surface area contributed by atoms with Gasteiger partial charge in [0.25, 0.3) is 0 Å². The fraction of sp³-hybridized carbons (Fsp3) is 0.833. The van der Waals surface area contributed by atoms with Crippen LogP contribution in [0.25, 0.3) is 0 Å². The van der Waals surface area contributed by atoms with Gasteiger partial charge in [0.05, 0.1) is 13.4 Å². The molecule has 1 aliphatic carbocycles. The number of hydrogen-bond donors (Lipinski definition) is 0. The summed E-state index contributed by atoms with van der Waals surface area (Å²) >= 11 is 0. The zero-order chi connectivity index (χ0) is 9.90. The van der Waals surface area contributed by atoms with Crippen molar-refractivity contribution >= 4 is 0 Å². The minimum Gasteiger partial charge on any atom is -0.504 e. The molecule has 0 radical (unpaired) electrons. The molecule has 1 nitrogen and oxygen atoms in total. The Hall–Kier alpha value is -0.460. The number of allylic oxidation sites excluding steroid dienone is 1. The Labute approximate surface area is 82.2 Å². The molecule has 0 bridgehead atoms. The Bertz CT molecular complexity index is 191. The van der Waals surface area contributed by atoms with E-state index in [2.05, 4.69) is 20.8 Å². The number of rotatable bonds is 2. The van der Waals surface area contributed by atoms with Crippen LogP contribution in [0.4, 0.5) is 0 Å². The summed E-state index contributed by atoms with van der Waals surface area (Å²) in [6.07, 6.45) is 7.32. The van der Waals surface area contributed by atoms with Crippen molar-refractivity contribution in [2.75, 3.05) is 7.11 Å². The van der Waals surface area contributed by atoms with Crippen LogP contribution >= 0.6 is 0 Å². The monoisotopic (exact) mass is 182 g/mol. The quantitative estimate of drug-likeness (QED) is 0.591. The molecule has 1 fully saturated rings. The molecule has 76 valence electrons. The van der Waals surface area contributed by atoms with E-state index in [1.165, 1.54) is 31.3 Å². The van der Waals surface area contributed by atoms with E-state index >= 15 is 0 Å². The van der Waals surface area contributed by atoms with Gasteiger partial charge in [-0.25, -0.2) is 0 Å². The zero-order valence-electron chi connectivity index (χ0n) is 9.39. The number of ether oxygens (including phenoxy) is 1. The second-order valence-electron chi connectivity index (χ2n) is 5.06. The Morgan fingerprint density at radius 3 is 2.69 bits per heavy atom. The molecule has 0 aromatic rings. The highest BCUT2D eigenvalue weighted by Gasteiger charge is 2.28. The van der Waals surface area contributed by atoms with Gasteiger partial charge >= 0.3 is 0 Å². The van der Waals surface area contributed by atoms with Crippen LogP contribution < -0.4 is 0 Å². The van der Waals surface area contributed by atoms with Crippen LogP contribution in [0.5, 0.6) is 0 Å². The van der Waals surface area contributed by atoms with Gasteiger partial charge in [0.1, 0.15) is 0 Å². The van der Waals surface area contributed by atoms with Gasteiger partial charge in [-0.2, -0.15) is 0 Å². The lowest BCUT2D eigenvalue weighted by atomic mass is 9.70. The summed E-state index contributed by atoms with van der Waals surface area (Å²) in [4.78, 5) is 0.